The number of aryl methyl sites for hydroxylation is 1. The van der Waals surface area contributed by atoms with Crippen LogP contribution in [0.3, 0.4) is 0 Å². The summed E-state index contributed by atoms with van der Waals surface area (Å²) >= 11 is 5.93. The van der Waals surface area contributed by atoms with Crippen molar-refractivity contribution in [3.8, 4) is 0 Å². The molecule has 1 heterocycles. The second-order valence-electron chi connectivity index (χ2n) is 4.99. The fourth-order valence-electron chi connectivity index (χ4n) is 2.46. The van der Waals surface area contributed by atoms with Gasteiger partial charge in [-0.3, -0.25) is 4.68 Å². The maximum absolute atomic E-state index is 13.8. The van der Waals surface area contributed by atoms with E-state index in [9.17, 15) is 4.39 Å². The first-order valence-corrected chi connectivity index (χ1v) is 6.97. The Morgan fingerprint density at radius 2 is 2.10 bits per heavy atom. The summed E-state index contributed by atoms with van der Waals surface area (Å²) in [7, 11) is 1.91. The summed E-state index contributed by atoms with van der Waals surface area (Å²) in [4.78, 5) is 0. The SMILES string of the molecule is CNC(C)c1c(C)nn(Cc2cc(Cl)ccc2F)c1C. The van der Waals surface area contributed by atoms with Gasteiger partial charge in [-0.1, -0.05) is 11.6 Å². The number of benzene rings is 1. The lowest BCUT2D eigenvalue weighted by atomic mass is 10.1. The van der Waals surface area contributed by atoms with Gasteiger partial charge in [0.25, 0.3) is 0 Å². The van der Waals surface area contributed by atoms with Crippen LogP contribution in [0.15, 0.2) is 18.2 Å². The number of halogens is 2. The van der Waals surface area contributed by atoms with Crippen molar-refractivity contribution in [3.63, 3.8) is 0 Å². The van der Waals surface area contributed by atoms with Crippen molar-refractivity contribution in [1.29, 1.82) is 0 Å². The van der Waals surface area contributed by atoms with Gasteiger partial charge >= 0.3 is 0 Å². The Morgan fingerprint density at radius 1 is 1.40 bits per heavy atom. The van der Waals surface area contributed by atoms with E-state index in [1.54, 1.807) is 12.1 Å². The van der Waals surface area contributed by atoms with Gasteiger partial charge in [-0.25, -0.2) is 4.39 Å². The van der Waals surface area contributed by atoms with Gasteiger partial charge in [-0.05, 0) is 46.0 Å². The third kappa shape index (κ3) is 2.86. The smallest absolute Gasteiger partial charge is 0.128 e. The number of hydrogen-bond acceptors (Lipinski definition) is 2. The highest BCUT2D eigenvalue weighted by Gasteiger charge is 2.17. The zero-order chi connectivity index (χ0) is 14.9. The van der Waals surface area contributed by atoms with Crippen molar-refractivity contribution in [3.05, 3.63) is 51.6 Å². The molecule has 5 heteroatoms. The first-order chi connectivity index (χ1) is 9.43. The van der Waals surface area contributed by atoms with Gasteiger partial charge in [0.1, 0.15) is 5.82 Å². The van der Waals surface area contributed by atoms with Gasteiger partial charge in [0.15, 0.2) is 0 Å². The Kier molecular flexibility index (Phi) is 4.45. The number of rotatable bonds is 4. The average molecular weight is 296 g/mol. The van der Waals surface area contributed by atoms with Gasteiger partial charge in [0, 0.05) is 27.9 Å². The summed E-state index contributed by atoms with van der Waals surface area (Å²) in [6.45, 7) is 6.45. The molecular weight excluding hydrogens is 277 g/mol. The quantitative estimate of drug-likeness (QED) is 0.933. The monoisotopic (exact) mass is 295 g/mol. The van der Waals surface area contributed by atoms with E-state index >= 15 is 0 Å². The van der Waals surface area contributed by atoms with Crippen LogP contribution in [-0.4, -0.2) is 16.8 Å². The minimum absolute atomic E-state index is 0.216. The van der Waals surface area contributed by atoms with Crippen LogP contribution in [0, 0.1) is 19.7 Å². The topological polar surface area (TPSA) is 29.9 Å². The summed E-state index contributed by atoms with van der Waals surface area (Å²) < 4.78 is 15.6. The second-order valence-corrected chi connectivity index (χ2v) is 5.42. The van der Waals surface area contributed by atoms with Crippen LogP contribution in [0.1, 0.15) is 35.5 Å². The molecule has 1 atom stereocenters. The fraction of sp³-hybridized carbons (Fsp3) is 0.400. The summed E-state index contributed by atoms with van der Waals surface area (Å²) in [5.41, 5.74) is 3.72. The van der Waals surface area contributed by atoms with Crippen LogP contribution >= 0.6 is 11.6 Å². The highest BCUT2D eigenvalue weighted by Crippen LogP contribution is 2.23. The predicted octanol–water partition coefficient (Wildman–Crippen LogP) is 3.62. The molecule has 0 saturated carbocycles. The molecule has 1 aromatic heterocycles. The van der Waals surface area contributed by atoms with E-state index in [0.29, 0.717) is 17.1 Å². The van der Waals surface area contributed by atoms with Crippen LogP contribution < -0.4 is 5.32 Å². The number of aromatic nitrogens is 2. The minimum Gasteiger partial charge on any atom is -0.313 e. The van der Waals surface area contributed by atoms with Gasteiger partial charge in [0.05, 0.1) is 12.2 Å². The second kappa shape index (κ2) is 5.94. The summed E-state index contributed by atoms with van der Waals surface area (Å²) in [5, 5.41) is 8.26. The predicted molar refractivity (Wildman–Crippen MR) is 79.7 cm³/mol. The largest absolute Gasteiger partial charge is 0.313 e. The molecule has 0 radical (unpaired) electrons. The molecule has 3 nitrogen and oxygen atoms in total. The zero-order valence-corrected chi connectivity index (χ0v) is 12.9. The molecule has 0 spiro atoms. The average Bonchev–Trinajstić information content (AvgIpc) is 2.68. The highest BCUT2D eigenvalue weighted by atomic mass is 35.5. The van der Waals surface area contributed by atoms with E-state index in [-0.39, 0.29) is 11.9 Å². The molecule has 0 aliphatic rings. The molecule has 0 saturated heterocycles. The van der Waals surface area contributed by atoms with Crippen molar-refractivity contribution in [1.82, 2.24) is 15.1 Å². The molecule has 0 aliphatic heterocycles. The van der Waals surface area contributed by atoms with Crippen molar-refractivity contribution < 1.29 is 4.39 Å². The van der Waals surface area contributed by atoms with E-state index in [0.717, 1.165) is 17.0 Å². The molecule has 0 aliphatic carbocycles. The van der Waals surface area contributed by atoms with E-state index in [2.05, 4.69) is 17.3 Å². The van der Waals surface area contributed by atoms with E-state index in [4.69, 9.17) is 11.6 Å². The molecule has 2 aromatic rings. The van der Waals surface area contributed by atoms with Crippen molar-refractivity contribution in [2.75, 3.05) is 7.05 Å². The minimum atomic E-state index is -0.259. The summed E-state index contributed by atoms with van der Waals surface area (Å²) in [5.74, 6) is -0.259. The lowest BCUT2D eigenvalue weighted by molar-refractivity contribution is 0.577. The molecule has 1 N–H and O–H groups in total. The molecule has 2 rings (SSSR count). The molecular formula is C15H19ClFN3. The normalized spacial score (nSPS) is 12.7. The molecule has 1 unspecified atom stereocenters. The summed E-state index contributed by atoms with van der Waals surface area (Å²) in [6, 6.07) is 4.80. The number of nitrogens with one attached hydrogen (secondary N) is 1. The third-order valence-electron chi connectivity index (χ3n) is 3.63. The number of hydrogen-bond donors (Lipinski definition) is 1. The third-order valence-corrected chi connectivity index (χ3v) is 3.87. The molecule has 20 heavy (non-hydrogen) atoms. The zero-order valence-electron chi connectivity index (χ0n) is 12.2. The maximum atomic E-state index is 13.8. The Balaban J connectivity index is 2.37. The molecule has 108 valence electrons. The van der Waals surface area contributed by atoms with Gasteiger partial charge in [-0.15, -0.1) is 0 Å². The van der Waals surface area contributed by atoms with Gasteiger partial charge in [-0.2, -0.15) is 5.10 Å². The molecule has 1 aromatic carbocycles. The van der Waals surface area contributed by atoms with Crippen molar-refractivity contribution in [2.24, 2.45) is 0 Å². The Hall–Kier alpha value is -1.39. The molecule has 0 fully saturated rings. The number of nitrogens with zero attached hydrogens (tertiary/aromatic N) is 2. The van der Waals surface area contributed by atoms with Crippen LogP contribution in [0.5, 0.6) is 0 Å². The Labute approximate surface area is 123 Å². The lowest BCUT2D eigenvalue weighted by Gasteiger charge is -2.11. The van der Waals surface area contributed by atoms with Gasteiger partial charge in [0.2, 0.25) is 0 Å². The summed E-state index contributed by atoms with van der Waals surface area (Å²) in [6.07, 6.45) is 0. The van der Waals surface area contributed by atoms with Gasteiger partial charge < -0.3 is 5.32 Å². The first kappa shape index (κ1) is 15.0. The standard InChI is InChI=1S/C15H19ClFN3/c1-9(18-4)15-10(2)19-20(11(15)3)8-12-7-13(16)5-6-14(12)17/h5-7,9,18H,8H2,1-4H3. The Morgan fingerprint density at radius 3 is 2.75 bits per heavy atom. The van der Waals surface area contributed by atoms with Crippen LogP contribution in [0.4, 0.5) is 4.39 Å². The molecule has 0 amide bonds. The fourth-order valence-corrected chi connectivity index (χ4v) is 2.66. The lowest BCUT2D eigenvalue weighted by Crippen LogP contribution is -2.14. The van der Waals surface area contributed by atoms with Crippen LogP contribution in [0.25, 0.3) is 0 Å². The van der Waals surface area contributed by atoms with Crippen molar-refractivity contribution in [2.45, 2.75) is 33.4 Å². The first-order valence-electron chi connectivity index (χ1n) is 6.59. The highest BCUT2D eigenvalue weighted by molar-refractivity contribution is 6.30. The van der Waals surface area contributed by atoms with Crippen LogP contribution in [0.2, 0.25) is 5.02 Å². The Bertz CT molecular complexity index is 622. The van der Waals surface area contributed by atoms with E-state index in [1.165, 1.54) is 6.07 Å². The van der Waals surface area contributed by atoms with Crippen molar-refractivity contribution >= 4 is 11.6 Å². The molecule has 0 bridgehead atoms. The van der Waals surface area contributed by atoms with E-state index < -0.39 is 0 Å². The van der Waals surface area contributed by atoms with Crippen LogP contribution in [-0.2, 0) is 6.54 Å². The van der Waals surface area contributed by atoms with E-state index in [1.807, 2.05) is 25.6 Å². The maximum Gasteiger partial charge on any atom is 0.128 e.